The van der Waals surface area contributed by atoms with Crippen molar-refractivity contribution in [3.05, 3.63) is 95.8 Å². The van der Waals surface area contributed by atoms with E-state index >= 15 is 0 Å². The Labute approximate surface area is 265 Å². The summed E-state index contributed by atoms with van der Waals surface area (Å²) in [5, 5.41) is 15.0. The molecule has 0 aliphatic rings. The highest BCUT2D eigenvalue weighted by Gasteiger charge is 2.22. The zero-order valence-electron chi connectivity index (χ0n) is 24.7. The quantitative estimate of drug-likeness (QED) is 0.152. The zero-order valence-corrected chi connectivity index (χ0v) is 26.2. The topological polar surface area (TPSA) is 119 Å². The Morgan fingerprint density at radius 1 is 1.02 bits per heavy atom. The van der Waals surface area contributed by atoms with Gasteiger partial charge in [0.2, 0.25) is 0 Å². The van der Waals surface area contributed by atoms with Crippen LogP contribution >= 0.6 is 23.2 Å². The summed E-state index contributed by atoms with van der Waals surface area (Å²) in [5.41, 5.74) is 2.74. The van der Waals surface area contributed by atoms with Gasteiger partial charge in [0.1, 0.15) is 29.7 Å². The molecule has 0 saturated heterocycles. The largest absolute Gasteiger partial charge is 0.457 e. The van der Waals surface area contributed by atoms with Crippen molar-refractivity contribution in [2.24, 2.45) is 0 Å². The molecule has 0 radical (unpaired) electrons. The smallest absolute Gasteiger partial charge is 0.324 e. The van der Waals surface area contributed by atoms with Gasteiger partial charge in [-0.25, -0.2) is 14.5 Å². The molecule has 0 aliphatic heterocycles. The number of carbonyl (C=O) groups is 2. The Balaban J connectivity index is 1.57. The number of anilines is 3. The number of rotatable bonds is 10. The van der Waals surface area contributed by atoms with Crippen LogP contribution in [0.4, 0.5) is 22.1 Å². The van der Waals surface area contributed by atoms with E-state index in [4.69, 9.17) is 32.7 Å². The molecule has 2 aromatic heterocycles. The van der Waals surface area contributed by atoms with Crippen LogP contribution in [0, 0.1) is 0 Å². The molecule has 2 aromatic carbocycles. The molecule has 10 nitrogen and oxygen atoms in total. The van der Waals surface area contributed by atoms with Crippen LogP contribution in [0.15, 0.2) is 90.1 Å². The Kier molecular flexibility index (Phi) is 10.4. The van der Waals surface area contributed by atoms with Crippen molar-refractivity contribution in [2.75, 3.05) is 29.7 Å². The van der Waals surface area contributed by atoms with E-state index in [9.17, 15) is 9.59 Å². The minimum Gasteiger partial charge on any atom is -0.457 e. The van der Waals surface area contributed by atoms with Crippen LogP contribution < -0.4 is 20.7 Å². The lowest BCUT2D eigenvalue weighted by molar-refractivity contribution is -0.119. The number of nitrogens with one attached hydrogen (secondary N) is 3. The first kappa shape index (κ1) is 32.3. The third-order valence-electron chi connectivity index (χ3n) is 6.17. The maximum Gasteiger partial charge on any atom is 0.324 e. The molecule has 4 aromatic rings. The number of fused-ring (bicyclic) bond motifs is 1. The molecule has 2 heterocycles. The first-order valence-electron chi connectivity index (χ1n) is 13.4. The van der Waals surface area contributed by atoms with Crippen LogP contribution in [0.5, 0.6) is 11.5 Å². The summed E-state index contributed by atoms with van der Waals surface area (Å²) in [6.07, 6.45) is 4.76. The van der Waals surface area contributed by atoms with E-state index in [0.29, 0.717) is 39.6 Å². The number of hydrogen-bond acceptors (Lipinski definition) is 6. The molecule has 228 valence electrons. The van der Waals surface area contributed by atoms with Gasteiger partial charge in [0.05, 0.1) is 22.1 Å². The molecule has 0 fully saturated rings. The second-order valence-electron chi connectivity index (χ2n) is 10.6. The maximum atomic E-state index is 13.3. The van der Waals surface area contributed by atoms with Gasteiger partial charge in [0.15, 0.2) is 0 Å². The molecule has 0 saturated carbocycles. The van der Waals surface area contributed by atoms with Gasteiger partial charge in [0, 0.05) is 47.2 Å². The van der Waals surface area contributed by atoms with Crippen LogP contribution in [-0.2, 0) is 14.9 Å². The molecular formula is C32H32Cl2N6O4. The third kappa shape index (κ3) is 8.25. The second kappa shape index (κ2) is 14.2. The number of carbonyl (C=O) groups excluding carboxylic acids is 2. The highest BCUT2D eigenvalue weighted by molar-refractivity contribution is 6.37. The minimum absolute atomic E-state index is 0.0909. The summed E-state index contributed by atoms with van der Waals surface area (Å²) in [6, 6.07) is 15.6. The highest BCUT2D eigenvalue weighted by atomic mass is 35.5. The van der Waals surface area contributed by atoms with Crippen molar-refractivity contribution in [1.29, 1.82) is 0 Å². The van der Waals surface area contributed by atoms with E-state index < -0.39 is 6.03 Å². The number of hydrogen-bond donors (Lipinski definition) is 3. The van der Waals surface area contributed by atoms with Crippen molar-refractivity contribution in [2.45, 2.75) is 26.2 Å². The predicted molar refractivity (Wildman–Crippen MR) is 177 cm³/mol. The SMILES string of the molecule is C=C(C=CC(Cl)=CCl)n1nc(C(C)(C)C)cc1NC(=O)Nc1ccc(Oc2ccnc(NC(=O)COC)c2)c2ccccc12. The van der Waals surface area contributed by atoms with Crippen LogP contribution in [-0.4, -0.2) is 40.4 Å². The molecule has 0 unspecified atom stereocenters. The average Bonchev–Trinajstić information content (AvgIpc) is 3.41. The number of benzene rings is 2. The Morgan fingerprint density at radius 3 is 2.48 bits per heavy atom. The Hall–Kier alpha value is -4.64. The van der Waals surface area contributed by atoms with Gasteiger partial charge in [-0.2, -0.15) is 5.10 Å². The van der Waals surface area contributed by atoms with Crippen LogP contribution in [0.25, 0.3) is 16.5 Å². The van der Waals surface area contributed by atoms with Crippen molar-refractivity contribution >= 4 is 68.9 Å². The van der Waals surface area contributed by atoms with Gasteiger partial charge in [-0.15, -0.1) is 0 Å². The summed E-state index contributed by atoms with van der Waals surface area (Å²) in [7, 11) is 1.44. The lowest BCUT2D eigenvalue weighted by atomic mass is 9.92. The monoisotopic (exact) mass is 634 g/mol. The van der Waals surface area contributed by atoms with Gasteiger partial charge < -0.3 is 20.1 Å². The molecule has 0 spiro atoms. The van der Waals surface area contributed by atoms with Crippen LogP contribution in [0.3, 0.4) is 0 Å². The number of urea groups is 1. The number of pyridine rings is 1. The molecule has 0 atom stereocenters. The molecule has 12 heteroatoms. The molecule has 3 N–H and O–H groups in total. The molecule has 4 rings (SSSR count). The van der Waals surface area contributed by atoms with Crippen molar-refractivity contribution in [3.8, 4) is 11.5 Å². The minimum atomic E-state index is -0.480. The number of halogens is 2. The van der Waals surface area contributed by atoms with Gasteiger partial charge in [-0.3, -0.25) is 10.1 Å². The average molecular weight is 636 g/mol. The standard InChI is InChI=1S/C32H32Cl2N6O4/c1-20(10-11-21(34)18-33)40-29(17-27(39-40)32(2,3)4)38-31(42)36-25-12-13-26(24-9-7-6-8-23(24)25)44-22-14-15-35-28(16-22)37-30(41)19-43-5/h6-18H,1,19H2,2-5H3,(H,35,37,41)(H2,36,38,42). The third-order valence-corrected chi connectivity index (χ3v) is 6.75. The van der Waals surface area contributed by atoms with Gasteiger partial charge in [-0.05, 0) is 30.4 Å². The molecule has 0 aliphatic carbocycles. The van der Waals surface area contributed by atoms with Crippen molar-refractivity contribution in [1.82, 2.24) is 14.8 Å². The van der Waals surface area contributed by atoms with E-state index in [2.05, 4.69) is 32.6 Å². The van der Waals surface area contributed by atoms with Gasteiger partial charge in [0.25, 0.3) is 5.91 Å². The van der Waals surface area contributed by atoms with Crippen molar-refractivity contribution < 1.29 is 19.1 Å². The summed E-state index contributed by atoms with van der Waals surface area (Å²) in [6.45, 7) is 10.0. The fourth-order valence-corrected chi connectivity index (χ4v) is 4.19. The van der Waals surface area contributed by atoms with E-state index in [-0.39, 0.29) is 17.9 Å². The number of methoxy groups -OCH3 is 1. The summed E-state index contributed by atoms with van der Waals surface area (Å²) in [5.74, 6) is 1.43. The lowest BCUT2D eigenvalue weighted by Crippen LogP contribution is -2.21. The zero-order chi connectivity index (χ0) is 31.9. The Morgan fingerprint density at radius 2 is 1.77 bits per heavy atom. The lowest BCUT2D eigenvalue weighted by Gasteiger charge is -2.14. The van der Waals surface area contributed by atoms with Crippen LogP contribution in [0.1, 0.15) is 26.5 Å². The summed E-state index contributed by atoms with van der Waals surface area (Å²) in [4.78, 5) is 29.3. The predicted octanol–water partition coefficient (Wildman–Crippen LogP) is 8.10. The van der Waals surface area contributed by atoms with Gasteiger partial charge in [-0.1, -0.05) is 74.8 Å². The van der Waals surface area contributed by atoms with E-state index in [1.165, 1.54) is 23.5 Å². The Bertz CT molecular complexity index is 1760. The number of allylic oxidation sites excluding steroid dienone is 4. The van der Waals surface area contributed by atoms with E-state index in [0.717, 1.165) is 16.5 Å². The van der Waals surface area contributed by atoms with Crippen LogP contribution in [0.2, 0.25) is 0 Å². The number of nitrogens with zero attached hydrogens (tertiary/aromatic N) is 3. The molecule has 0 bridgehead atoms. The van der Waals surface area contributed by atoms with Gasteiger partial charge >= 0.3 is 6.03 Å². The fourth-order valence-electron chi connectivity index (χ4n) is 4.06. The highest BCUT2D eigenvalue weighted by Crippen LogP contribution is 2.35. The molecule has 44 heavy (non-hydrogen) atoms. The number of amides is 3. The molecule has 3 amide bonds. The number of ether oxygens (including phenoxy) is 2. The molecular weight excluding hydrogens is 603 g/mol. The second-order valence-corrected chi connectivity index (χ2v) is 11.2. The fraction of sp³-hybridized carbons (Fsp3) is 0.188. The van der Waals surface area contributed by atoms with E-state index in [1.807, 2.05) is 45.0 Å². The van der Waals surface area contributed by atoms with Crippen molar-refractivity contribution in [3.63, 3.8) is 0 Å². The maximum absolute atomic E-state index is 13.3. The first-order chi connectivity index (χ1) is 21.0. The number of aromatic nitrogens is 3. The normalized spacial score (nSPS) is 11.9. The van der Waals surface area contributed by atoms with E-state index in [1.54, 1.807) is 42.5 Å². The first-order valence-corrected chi connectivity index (χ1v) is 14.3. The summed E-state index contributed by atoms with van der Waals surface area (Å²) < 4.78 is 12.5. The summed E-state index contributed by atoms with van der Waals surface area (Å²) >= 11 is 11.6.